The second-order valence-corrected chi connectivity index (χ2v) is 5.12. The summed E-state index contributed by atoms with van der Waals surface area (Å²) in [6.07, 6.45) is 1.76. The fourth-order valence-corrected chi connectivity index (χ4v) is 2.60. The molecule has 0 saturated carbocycles. The minimum Gasteiger partial charge on any atom is -0.384 e. The Bertz CT molecular complexity index is 577. The van der Waals surface area contributed by atoms with Crippen LogP contribution in [0, 0.1) is 0 Å². The van der Waals surface area contributed by atoms with E-state index in [-0.39, 0.29) is 5.91 Å². The van der Waals surface area contributed by atoms with E-state index >= 15 is 0 Å². The number of anilines is 2. The summed E-state index contributed by atoms with van der Waals surface area (Å²) in [5.41, 5.74) is 7.04. The van der Waals surface area contributed by atoms with E-state index in [2.05, 4.69) is 19.5 Å². The van der Waals surface area contributed by atoms with Gasteiger partial charge in [0.15, 0.2) is 5.69 Å². The first-order valence-electron chi connectivity index (χ1n) is 6.27. The molecule has 2 N–H and O–H groups in total. The van der Waals surface area contributed by atoms with Crippen LogP contribution in [0.15, 0.2) is 23.7 Å². The molecule has 1 fully saturated rings. The molecular formula is C12H14N6OS. The standard InChI is InChI=1S/C12H14N6OS/c13-11-2-1-9(7-14-11)17-3-5-18(6-4-17)12(19)10-8-20-16-15-10/h1-2,7-8H,3-6H2,(H2,13,14). The maximum Gasteiger partial charge on any atom is 0.275 e. The second-order valence-electron chi connectivity index (χ2n) is 4.51. The predicted molar refractivity (Wildman–Crippen MR) is 76.7 cm³/mol. The van der Waals surface area contributed by atoms with Crippen molar-refractivity contribution in [3.63, 3.8) is 0 Å². The predicted octanol–water partition coefficient (Wildman–Crippen LogP) is 0.478. The van der Waals surface area contributed by atoms with Crippen molar-refractivity contribution >= 4 is 28.9 Å². The third kappa shape index (κ3) is 2.55. The Hall–Kier alpha value is -2.22. The van der Waals surface area contributed by atoms with Crippen LogP contribution >= 0.6 is 11.5 Å². The molecule has 0 aliphatic carbocycles. The summed E-state index contributed by atoms with van der Waals surface area (Å²) >= 11 is 1.19. The normalized spacial score (nSPS) is 15.4. The second kappa shape index (κ2) is 5.41. The number of hydrogen-bond donors (Lipinski definition) is 1. The highest BCUT2D eigenvalue weighted by molar-refractivity contribution is 7.03. The molecule has 3 rings (SSSR count). The summed E-state index contributed by atoms with van der Waals surface area (Å²) in [4.78, 5) is 20.2. The van der Waals surface area contributed by atoms with Crippen LogP contribution in [0.1, 0.15) is 10.5 Å². The van der Waals surface area contributed by atoms with Gasteiger partial charge in [-0.05, 0) is 23.7 Å². The number of nitrogen functional groups attached to an aromatic ring is 1. The molecule has 0 unspecified atom stereocenters. The molecule has 104 valence electrons. The van der Waals surface area contributed by atoms with Crippen molar-refractivity contribution < 1.29 is 4.79 Å². The Balaban J connectivity index is 1.62. The van der Waals surface area contributed by atoms with Gasteiger partial charge < -0.3 is 15.5 Å². The van der Waals surface area contributed by atoms with Crippen molar-refractivity contribution in [3.8, 4) is 0 Å². The number of piperazine rings is 1. The Kier molecular flexibility index (Phi) is 3.46. The van der Waals surface area contributed by atoms with Gasteiger partial charge in [0.25, 0.3) is 5.91 Å². The number of rotatable bonds is 2. The van der Waals surface area contributed by atoms with Crippen molar-refractivity contribution in [2.24, 2.45) is 0 Å². The molecule has 2 aromatic heterocycles. The number of pyridine rings is 1. The van der Waals surface area contributed by atoms with E-state index in [9.17, 15) is 4.79 Å². The fourth-order valence-electron chi connectivity index (χ4n) is 2.17. The Morgan fingerprint density at radius 3 is 2.65 bits per heavy atom. The quantitative estimate of drug-likeness (QED) is 0.865. The van der Waals surface area contributed by atoms with Crippen molar-refractivity contribution in [1.82, 2.24) is 19.5 Å². The maximum atomic E-state index is 12.1. The summed E-state index contributed by atoms with van der Waals surface area (Å²) in [6.45, 7) is 2.88. The van der Waals surface area contributed by atoms with Crippen LogP contribution in [-0.4, -0.2) is 51.6 Å². The van der Waals surface area contributed by atoms with E-state index in [1.54, 1.807) is 22.5 Å². The lowest BCUT2D eigenvalue weighted by molar-refractivity contribution is 0.0741. The monoisotopic (exact) mass is 290 g/mol. The van der Waals surface area contributed by atoms with Gasteiger partial charge in [0, 0.05) is 31.6 Å². The summed E-state index contributed by atoms with van der Waals surface area (Å²) in [5.74, 6) is 0.465. The number of carbonyl (C=O) groups excluding carboxylic acids is 1. The highest BCUT2D eigenvalue weighted by Gasteiger charge is 2.23. The minimum atomic E-state index is -0.0474. The zero-order chi connectivity index (χ0) is 13.9. The van der Waals surface area contributed by atoms with Gasteiger partial charge in [0.05, 0.1) is 11.9 Å². The number of amides is 1. The molecule has 0 bridgehead atoms. The van der Waals surface area contributed by atoms with Gasteiger partial charge in [0.1, 0.15) is 5.82 Å². The largest absolute Gasteiger partial charge is 0.384 e. The summed E-state index contributed by atoms with van der Waals surface area (Å²) in [5, 5.41) is 5.50. The zero-order valence-corrected chi connectivity index (χ0v) is 11.6. The molecule has 2 aromatic rings. The van der Waals surface area contributed by atoms with Crippen LogP contribution in [0.4, 0.5) is 11.5 Å². The first kappa shape index (κ1) is 12.8. The topological polar surface area (TPSA) is 88.2 Å². The Labute approximate surface area is 120 Å². The first-order chi connectivity index (χ1) is 9.74. The van der Waals surface area contributed by atoms with Crippen LogP contribution in [0.3, 0.4) is 0 Å². The van der Waals surface area contributed by atoms with Gasteiger partial charge in [-0.3, -0.25) is 4.79 Å². The molecule has 7 nitrogen and oxygen atoms in total. The SMILES string of the molecule is Nc1ccc(N2CCN(C(=O)c3csnn3)CC2)cn1. The summed E-state index contributed by atoms with van der Waals surface area (Å²) in [7, 11) is 0. The highest BCUT2D eigenvalue weighted by atomic mass is 32.1. The summed E-state index contributed by atoms with van der Waals surface area (Å²) in [6, 6.07) is 3.73. The number of nitrogens with zero attached hydrogens (tertiary/aromatic N) is 5. The van der Waals surface area contributed by atoms with E-state index in [1.165, 1.54) is 11.5 Å². The third-order valence-corrected chi connectivity index (χ3v) is 3.79. The van der Waals surface area contributed by atoms with Crippen LogP contribution in [0.5, 0.6) is 0 Å². The molecule has 20 heavy (non-hydrogen) atoms. The van der Waals surface area contributed by atoms with Gasteiger partial charge in [-0.25, -0.2) is 4.98 Å². The zero-order valence-electron chi connectivity index (χ0n) is 10.8. The van der Waals surface area contributed by atoms with Crippen LogP contribution in [0.2, 0.25) is 0 Å². The lowest BCUT2D eigenvalue weighted by atomic mass is 10.2. The van der Waals surface area contributed by atoms with E-state index in [0.717, 1.165) is 18.8 Å². The number of carbonyl (C=O) groups is 1. The summed E-state index contributed by atoms with van der Waals surface area (Å²) < 4.78 is 3.72. The molecule has 0 aromatic carbocycles. The van der Waals surface area contributed by atoms with Crippen molar-refractivity contribution in [2.45, 2.75) is 0 Å². The van der Waals surface area contributed by atoms with Gasteiger partial charge >= 0.3 is 0 Å². The van der Waals surface area contributed by atoms with Crippen LogP contribution in [-0.2, 0) is 0 Å². The molecule has 8 heteroatoms. The Morgan fingerprint density at radius 1 is 1.25 bits per heavy atom. The molecule has 3 heterocycles. The van der Waals surface area contributed by atoms with E-state index in [1.807, 2.05) is 6.07 Å². The van der Waals surface area contributed by atoms with Crippen LogP contribution < -0.4 is 10.6 Å². The molecule has 0 atom stereocenters. The number of nitrogens with two attached hydrogens (primary N) is 1. The smallest absolute Gasteiger partial charge is 0.275 e. The lowest BCUT2D eigenvalue weighted by Gasteiger charge is -2.35. The first-order valence-corrected chi connectivity index (χ1v) is 7.10. The van der Waals surface area contributed by atoms with Gasteiger partial charge in [-0.2, -0.15) is 0 Å². The van der Waals surface area contributed by atoms with Crippen LogP contribution in [0.25, 0.3) is 0 Å². The molecular weight excluding hydrogens is 276 g/mol. The number of aromatic nitrogens is 3. The Morgan fingerprint density at radius 2 is 2.05 bits per heavy atom. The average molecular weight is 290 g/mol. The average Bonchev–Trinajstić information content (AvgIpc) is 3.02. The molecule has 1 aliphatic heterocycles. The minimum absolute atomic E-state index is 0.0474. The molecule has 1 amide bonds. The van der Waals surface area contributed by atoms with E-state index < -0.39 is 0 Å². The third-order valence-electron chi connectivity index (χ3n) is 3.28. The molecule has 1 aliphatic rings. The van der Waals surface area contributed by atoms with Crippen molar-refractivity contribution in [1.29, 1.82) is 0 Å². The van der Waals surface area contributed by atoms with Gasteiger partial charge in [-0.15, -0.1) is 5.10 Å². The van der Waals surface area contributed by atoms with Gasteiger partial charge in [-0.1, -0.05) is 4.49 Å². The highest BCUT2D eigenvalue weighted by Crippen LogP contribution is 2.17. The van der Waals surface area contributed by atoms with Crippen molar-refractivity contribution in [2.75, 3.05) is 36.8 Å². The van der Waals surface area contributed by atoms with Gasteiger partial charge in [0.2, 0.25) is 0 Å². The molecule has 0 radical (unpaired) electrons. The molecule has 0 spiro atoms. The van der Waals surface area contributed by atoms with E-state index in [0.29, 0.717) is 24.6 Å². The van der Waals surface area contributed by atoms with Crippen molar-refractivity contribution in [3.05, 3.63) is 29.4 Å². The maximum absolute atomic E-state index is 12.1. The number of hydrogen-bond acceptors (Lipinski definition) is 7. The lowest BCUT2D eigenvalue weighted by Crippen LogP contribution is -2.48. The van der Waals surface area contributed by atoms with E-state index in [4.69, 9.17) is 5.73 Å². The molecule has 1 saturated heterocycles. The fraction of sp³-hybridized carbons (Fsp3) is 0.333.